The maximum atomic E-state index is 14.8. The summed E-state index contributed by atoms with van der Waals surface area (Å²) >= 11 is 0. The van der Waals surface area contributed by atoms with Crippen molar-refractivity contribution in [2.45, 2.75) is 6.92 Å². The molecule has 0 saturated heterocycles. The fourth-order valence-corrected chi connectivity index (χ4v) is 3.24. The third-order valence-electron chi connectivity index (χ3n) is 4.90. The molecule has 0 saturated carbocycles. The molecule has 0 aliphatic carbocycles. The largest absolute Gasteiger partial charge is 0.497 e. The summed E-state index contributed by atoms with van der Waals surface area (Å²) in [4.78, 5) is 25.6. The summed E-state index contributed by atoms with van der Waals surface area (Å²) < 4.78 is 20.0. The highest BCUT2D eigenvalue weighted by atomic mass is 19.1. The maximum Gasteiger partial charge on any atom is 0.326 e. The van der Waals surface area contributed by atoms with Gasteiger partial charge < -0.3 is 15.0 Å². The number of ether oxygens (including phenoxy) is 1. The molecule has 152 valence electrons. The molecule has 0 unspecified atom stereocenters. The third-order valence-corrected chi connectivity index (χ3v) is 4.90. The van der Waals surface area contributed by atoms with Crippen LogP contribution >= 0.6 is 0 Å². The second-order valence-corrected chi connectivity index (χ2v) is 6.80. The van der Waals surface area contributed by atoms with Crippen LogP contribution in [0.1, 0.15) is 5.56 Å². The van der Waals surface area contributed by atoms with Gasteiger partial charge in [0.15, 0.2) is 0 Å². The summed E-state index contributed by atoms with van der Waals surface area (Å²) in [5, 5.41) is 3.44. The number of halogens is 1. The van der Waals surface area contributed by atoms with Gasteiger partial charge in [-0.3, -0.25) is 4.90 Å². The maximum absolute atomic E-state index is 14.8. The van der Waals surface area contributed by atoms with Crippen LogP contribution in [0.4, 0.5) is 20.6 Å². The first-order valence-corrected chi connectivity index (χ1v) is 9.25. The quantitative estimate of drug-likeness (QED) is 0.513. The number of aryl methyl sites for hydroxylation is 1. The monoisotopic (exact) mass is 405 g/mol. The Bertz CT molecular complexity index is 1240. The number of nitrogens with one attached hydrogen (secondary N) is 2. The average Bonchev–Trinajstić information content (AvgIpc) is 3.15. The number of urea groups is 1. The number of hydrogen-bond donors (Lipinski definition) is 2. The molecule has 2 aromatic heterocycles. The smallest absolute Gasteiger partial charge is 0.326 e. The molecule has 8 heteroatoms. The van der Waals surface area contributed by atoms with Crippen molar-refractivity contribution < 1.29 is 13.9 Å². The summed E-state index contributed by atoms with van der Waals surface area (Å²) in [6.45, 7) is 1.94. The molecule has 7 nitrogen and oxygen atoms in total. The predicted octanol–water partition coefficient (Wildman–Crippen LogP) is 4.75. The minimum absolute atomic E-state index is 0.0783. The number of methoxy groups -OCH3 is 1. The highest BCUT2D eigenvalue weighted by Crippen LogP contribution is 2.30. The van der Waals surface area contributed by atoms with Crippen LogP contribution in [0, 0.1) is 12.7 Å². The van der Waals surface area contributed by atoms with Gasteiger partial charge in [0, 0.05) is 35.9 Å². The van der Waals surface area contributed by atoms with Crippen molar-refractivity contribution in [3.63, 3.8) is 0 Å². The van der Waals surface area contributed by atoms with Gasteiger partial charge >= 0.3 is 6.03 Å². The van der Waals surface area contributed by atoms with Crippen molar-refractivity contribution in [3.05, 3.63) is 66.4 Å². The van der Waals surface area contributed by atoms with E-state index in [2.05, 4.69) is 20.3 Å². The summed E-state index contributed by atoms with van der Waals surface area (Å²) in [6, 6.07) is 11.2. The Morgan fingerprint density at radius 2 is 2.03 bits per heavy atom. The number of aromatic nitrogens is 3. The molecule has 2 heterocycles. The van der Waals surface area contributed by atoms with Crippen LogP contribution in [-0.2, 0) is 0 Å². The van der Waals surface area contributed by atoms with E-state index in [0.29, 0.717) is 28.3 Å². The van der Waals surface area contributed by atoms with E-state index in [1.807, 2.05) is 13.1 Å². The van der Waals surface area contributed by atoms with Gasteiger partial charge in [-0.2, -0.15) is 0 Å². The van der Waals surface area contributed by atoms with Gasteiger partial charge in [0.05, 0.1) is 18.5 Å². The lowest BCUT2D eigenvalue weighted by molar-refractivity contribution is 0.258. The van der Waals surface area contributed by atoms with Gasteiger partial charge in [0.2, 0.25) is 0 Å². The predicted molar refractivity (Wildman–Crippen MR) is 114 cm³/mol. The Balaban J connectivity index is 1.59. The minimum Gasteiger partial charge on any atom is -0.497 e. The number of fused-ring (bicyclic) bond motifs is 1. The third kappa shape index (κ3) is 3.55. The lowest BCUT2D eigenvalue weighted by atomic mass is 10.1. The highest BCUT2D eigenvalue weighted by molar-refractivity contribution is 6.02. The van der Waals surface area contributed by atoms with Crippen molar-refractivity contribution >= 4 is 28.4 Å². The fourth-order valence-electron chi connectivity index (χ4n) is 3.24. The molecule has 4 rings (SSSR count). The van der Waals surface area contributed by atoms with Gasteiger partial charge in [-0.25, -0.2) is 19.2 Å². The Labute approximate surface area is 172 Å². The van der Waals surface area contributed by atoms with E-state index in [1.54, 1.807) is 44.5 Å². The Hall–Kier alpha value is -3.94. The van der Waals surface area contributed by atoms with E-state index in [4.69, 9.17) is 4.74 Å². The number of carbonyl (C=O) groups is 1. The zero-order valence-corrected chi connectivity index (χ0v) is 16.7. The number of benzene rings is 2. The number of hydrogen-bond acceptors (Lipinski definition) is 4. The number of aromatic amines is 1. The second kappa shape index (κ2) is 7.82. The van der Waals surface area contributed by atoms with Crippen LogP contribution in [0.3, 0.4) is 0 Å². The van der Waals surface area contributed by atoms with Gasteiger partial charge in [0.25, 0.3) is 0 Å². The molecule has 30 heavy (non-hydrogen) atoms. The number of rotatable bonds is 4. The zero-order valence-electron chi connectivity index (χ0n) is 16.7. The first kappa shape index (κ1) is 19.4. The molecule has 0 atom stereocenters. The van der Waals surface area contributed by atoms with Gasteiger partial charge in [-0.1, -0.05) is 12.1 Å². The summed E-state index contributed by atoms with van der Waals surface area (Å²) in [5.41, 5.74) is 3.59. The molecule has 4 aromatic rings. The van der Waals surface area contributed by atoms with Crippen LogP contribution in [0.5, 0.6) is 5.75 Å². The van der Waals surface area contributed by atoms with Crippen molar-refractivity contribution in [2.75, 3.05) is 24.4 Å². The van der Waals surface area contributed by atoms with E-state index in [9.17, 15) is 9.18 Å². The zero-order chi connectivity index (χ0) is 21.3. The normalized spacial score (nSPS) is 10.8. The van der Waals surface area contributed by atoms with Crippen LogP contribution in [0.15, 0.2) is 55.0 Å². The molecule has 0 aliphatic heterocycles. The average molecular weight is 405 g/mol. The van der Waals surface area contributed by atoms with E-state index >= 15 is 0 Å². The van der Waals surface area contributed by atoms with Crippen molar-refractivity contribution in [2.24, 2.45) is 0 Å². The van der Waals surface area contributed by atoms with E-state index < -0.39 is 11.8 Å². The van der Waals surface area contributed by atoms with Crippen molar-refractivity contribution in [1.29, 1.82) is 0 Å². The standard InChI is InChI=1S/C22H20FN5O2/c1-13-11-24-21-19(13)20(25-12-26-21)14-7-8-18(17(23)9-14)27-22(29)28(2)15-5-4-6-16(10-15)30-3/h4-12H,1-3H3,(H,27,29)(H,24,25,26). The van der Waals surface area contributed by atoms with E-state index in [0.717, 1.165) is 10.9 Å². The van der Waals surface area contributed by atoms with Crippen molar-refractivity contribution in [1.82, 2.24) is 15.0 Å². The summed E-state index contributed by atoms with van der Waals surface area (Å²) in [7, 11) is 3.15. The number of carbonyl (C=O) groups excluding carboxylic acids is 1. The van der Waals surface area contributed by atoms with Crippen LogP contribution < -0.4 is 15.0 Å². The molecule has 0 radical (unpaired) electrons. The van der Waals surface area contributed by atoms with Crippen LogP contribution in [0.25, 0.3) is 22.3 Å². The summed E-state index contributed by atoms with van der Waals surface area (Å²) in [6.07, 6.45) is 3.27. The van der Waals surface area contributed by atoms with E-state index in [1.165, 1.54) is 23.4 Å². The number of nitrogens with zero attached hydrogens (tertiary/aromatic N) is 3. The van der Waals surface area contributed by atoms with Crippen molar-refractivity contribution in [3.8, 4) is 17.0 Å². The Kier molecular flexibility index (Phi) is 5.05. The minimum atomic E-state index is -0.556. The fraction of sp³-hybridized carbons (Fsp3) is 0.136. The topological polar surface area (TPSA) is 83.1 Å². The molecule has 2 amide bonds. The lowest BCUT2D eigenvalue weighted by Crippen LogP contribution is -2.31. The van der Waals surface area contributed by atoms with Crippen LogP contribution in [0.2, 0.25) is 0 Å². The molecular weight excluding hydrogens is 385 g/mol. The summed E-state index contributed by atoms with van der Waals surface area (Å²) in [5.74, 6) is 0.0683. The van der Waals surface area contributed by atoms with Crippen LogP contribution in [-0.4, -0.2) is 35.1 Å². The molecule has 2 N–H and O–H groups in total. The van der Waals surface area contributed by atoms with Gasteiger partial charge in [0.1, 0.15) is 23.5 Å². The Morgan fingerprint density at radius 3 is 2.80 bits per heavy atom. The molecule has 0 spiro atoms. The molecule has 0 fully saturated rings. The number of anilines is 2. The molecule has 0 aliphatic rings. The van der Waals surface area contributed by atoms with E-state index in [-0.39, 0.29) is 5.69 Å². The Morgan fingerprint density at radius 1 is 1.20 bits per heavy atom. The van der Waals surface area contributed by atoms with Gasteiger partial charge in [-0.05, 0) is 36.8 Å². The first-order valence-electron chi connectivity index (χ1n) is 9.25. The molecular formula is C22H20FN5O2. The van der Waals surface area contributed by atoms with Gasteiger partial charge in [-0.15, -0.1) is 0 Å². The first-order chi connectivity index (χ1) is 14.5. The molecule has 2 aromatic carbocycles. The SMILES string of the molecule is COc1cccc(N(C)C(=O)Nc2ccc(-c3ncnc4[nH]cc(C)c34)cc2F)c1. The second-order valence-electron chi connectivity index (χ2n) is 6.80. The highest BCUT2D eigenvalue weighted by Gasteiger charge is 2.16. The molecule has 0 bridgehead atoms. The number of amides is 2. The lowest BCUT2D eigenvalue weighted by Gasteiger charge is -2.19. The number of H-pyrrole nitrogens is 1.